The van der Waals surface area contributed by atoms with Crippen molar-refractivity contribution < 1.29 is 4.79 Å². The van der Waals surface area contributed by atoms with Gasteiger partial charge in [0.2, 0.25) is 0 Å². The van der Waals surface area contributed by atoms with Gasteiger partial charge in [-0.2, -0.15) is 0 Å². The van der Waals surface area contributed by atoms with E-state index in [9.17, 15) is 4.79 Å². The lowest BCUT2D eigenvalue weighted by Crippen LogP contribution is -2.19. The minimum Gasteiger partial charge on any atom is -0.347 e. The van der Waals surface area contributed by atoms with Gasteiger partial charge in [-0.1, -0.05) is 18.6 Å². The smallest absolute Gasteiger partial charge is 0.141 e. The van der Waals surface area contributed by atoms with E-state index in [0.29, 0.717) is 5.78 Å². The van der Waals surface area contributed by atoms with Crippen molar-refractivity contribution in [3.8, 4) is 0 Å². The third-order valence-corrected chi connectivity index (χ3v) is 4.25. The van der Waals surface area contributed by atoms with Crippen LogP contribution in [0.25, 0.3) is 10.9 Å². The average Bonchev–Trinajstić information content (AvgIpc) is 2.70. The molecule has 1 atom stereocenters. The summed E-state index contributed by atoms with van der Waals surface area (Å²) in [5, 5.41) is 1.29. The molecule has 1 saturated carbocycles. The Morgan fingerprint density at radius 2 is 2.11 bits per heavy atom. The van der Waals surface area contributed by atoms with Crippen molar-refractivity contribution in [2.24, 2.45) is 7.05 Å². The normalized spacial score (nSPS) is 20.6. The lowest BCUT2D eigenvalue weighted by Gasteiger charge is -2.21. The van der Waals surface area contributed by atoms with Gasteiger partial charge in [0.1, 0.15) is 5.78 Å². The van der Waals surface area contributed by atoms with Crippen LogP contribution in [0.1, 0.15) is 42.9 Å². The van der Waals surface area contributed by atoms with Crippen molar-refractivity contribution in [3.05, 3.63) is 35.5 Å². The molecule has 3 rings (SSSR count). The zero-order valence-electron chi connectivity index (χ0n) is 11.1. The lowest BCUT2D eigenvalue weighted by atomic mass is 9.85. The van der Waals surface area contributed by atoms with Crippen molar-refractivity contribution in [2.45, 2.75) is 38.5 Å². The summed E-state index contributed by atoms with van der Waals surface area (Å²) in [5.74, 6) is 0.542. The molecule has 94 valence electrons. The zero-order chi connectivity index (χ0) is 12.7. The van der Waals surface area contributed by atoms with Crippen LogP contribution in [0.3, 0.4) is 0 Å². The van der Waals surface area contributed by atoms with Crippen molar-refractivity contribution in [1.82, 2.24) is 4.57 Å². The minimum atomic E-state index is 0.121. The maximum absolute atomic E-state index is 12.1. The fraction of sp³-hybridized carbons (Fsp3) is 0.438. The fourth-order valence-corrected chi connectivity index (χ4v) is 3.16. The van der Waals surface area contributed by atoms with Crippen LogP contribution < -0.4 is 0 Å². The van der Waals surface area contributed by atoms with E-state index >= 15 is 0 Å². The van der Waals surface area contributed by atoms with Gasteiger partial charge in [0.15, 0.2) is 0 Å². The Hall–Kier alpha value is -1.57. The van der Waals surface area contributed by atoms with Crippen LogP contribution in [-0.4, -0.2) is 10.4 Å². The molecule has 0 radical (unpaired) electrons. The molecule has 1 aromatic carbocycles. The van der Waals surface area contributed by atoms with Crippen LogP contribution in [-0.2, 0) is 11.8 Å². The molecule has 2 heteroatoms. The van der Waals surface area contributed by atoms with Gasteiger partial charge in [-0.25, -0.2) is 0 Å². The third kappa shape index (κ3) is 1.67. The Labute approximate surface area is 108 Å². The third-order valence-electron chi connectivity index (χ3n) is 4.25. The van der Waals surface area contributed by atoms with E-state index in [1.165, 1.54) is 28.6 Å². The van der Waals surface area contributed by atoms with Crippen LogP contribution in [0.15, 0.2) is 24.3 Å². The van der Waals surface area contributed by atoms with Crippen molar-refractivity contribution >= 4 is 16.7 Å². The SMILES string of the molecule is Cc1cccc2c1cc(C1CCCCC1=O)n2C. The maximum atomic E-state index is 12.1. The number of rotatable bonds is 1. The summed E-state index contributed by atoms with van der Waals surface area (Å²) in [7, 11) is 2.08. The predicted molar refractivity (Wildman–Crippen MR) is 73.9 cm³/mol. The molecule has 1 aromatic heterocycles. The summed E-state index contributed by atoms with van der Waals surface area (Å²) in [6.07, 6.45) is 4.02. The largest absolute Gasteiger partial charge is 0.347 e. The van der Waals surface area contributed by atoms with Crippen molar-refractivity contribution in [3.63, 3.8) is 0 Å². The molecule has 1 aliphatic rings. The number of nitrogens with zero attached hydrogens (tertiary/aromatic N) is 1. The van der Waals surface area contributed by atoms with Crippen LogP contribution in [0, 0.1) is 6.92 Å². The van der Waals surface area contributed by atoms with Crippen molar-refractivity contribution in [1.29, 1.82) is 0 Å². The number of Topliss-reactive ketones (excluding diaryl/α,β-unsaturated/α-hetero) is 1. The van der Waals surface area contributed by atoms with Crippen LogP contribution in [0.5, 0.6) is 0 Å². The second kappa shape index (κ2) is 4.27. The number of hydrogen-bond donors (Lipinski definition) is 0. The molecule has 2 aromatic rings. The average molecular weight is 241 g/mol. The number of benzene rings is 1. The standard InChI is InChI=1S/C16H19NO/c1-11-6-5-8-14-13(11)10-15(17(14)2)12-7-3-4-9-16(12)18/h5-6,8,10,12H,3-4,7,9H2,1-2H3. The van der Waals surface area contributed by atoms with Gasteiger partial charge in [-0.3, -0.25) is 4.79 Å². The first-order valence-electron chi connectivity index (χ1n) is 6.76. The molecular formula is C16H19NO. The molecule has 18 heavy (non-hydrogen) atoms. The molecule has 0 saturated heterocycles. The first kappa shape index (κ1) is 11.5. The number of aryl methyl sites for hydroxylation is 2. The van der Waals surface area contributed by atoms with E-state index in [1.54, 1.807) is 0 Å². The Bertz CT molecular complexity index is 609. The number of carbonyl (C=O) groups excluding carboxylic acids is 1. The number of hydrogen-bond acceptors (Lipinski definition) is 1. The van der Waals surface area contributed by atoms with Crippen molar-refractivity contribution in [2.75, 3.05) is 0 Å². The Balaban J connectivity index is 2.14. The van der Waals surface area contributed by atoms with E-state index in [4.69, 9.17) is 0 Å². The topological polar surface area (TPSA) is 22.0 Å². The molecule has 1 heterocycles. The second-order valence-corrected chi connectivity index (χ2v) is 5.40. The highest BCUT2D eigenvalue weighted by molar-refractivity contribution is 5.90. The molecule has 1 aliphatic carbocycles. The van der Waals surface area contributed by atoms with Gasteiger partial charge in [0.25, 0.3) is 0 Å². The first-order chi connectivity index (χ1) is 8.68. The molecule has 2 nitrogen and oxygen atoms in total. The fourth-order valence-electron chi connectivity index (χ4n) is 3.16. The first-order valence-corrected chi connectivity index (χ1v) is 6.76. The number of ketones is 1. The number of aromatic nitrogens is 1. The summed E-state index contributed by atoms with van der Waals surface area (Å²) < 4.78 is 2.20. The summed E-state index contributed by atoms with van der Waals surface area (Å²) >= 11 is 0. The van der Waals surface area contributed by atoms with Gasteiger partial charge in [0.05, 0.1) is 5.92 Å². The molecule has 1 unspecified atom stereocenters. The summed E-state index contributed by atoms with van der Waals surface area (Å²) in [5.41, 5.74) is 3.73. The molecule has 0 N–H and O–H groups in total. The lowest BCUT2D eigenvalue weighted by molar-refractivity contribution is -0.122. The highest BCUT2D eigenvalue weighted by atomic mass is 16.1. The number of fused-ring (bicyclic) bond motifs is 1. The van der Waals surface area contributed by atoms with Gasteiger partial charge >= 0.3 is 0 Å². The predicted octanol–water partition coefficient (Wildman–Crippen LogP) is 3.71. The van der Waals surface area contributed by atoms with E-state index in [1.807, 2.05) is 0 Å². The van der Waals surface area contributed by atoms with Crippen LogP contribution in [0.4, 0.5) is 0 Å². The summed E-state index contributed by atoms with van der Waals surface area (Å²) in [6.45, 7) is 2.13. The van der Waals surface area contributed by atoms with E-state index in [2.05, 4.69) is 42.8 Å². The monoisotopic (exact) mass is 241 g/mol. The van der Waals surface area contributed by atoms with Gasteiger partial charge in [-0.15, -0.1) is 0 Å². The highest BCUT2D eigenvalue weighted by Crippen LogP contribution is 2.33. The number of carbonyl (C=O) groups is 1. The Morgan fingerprint density at radius 3 is 2.83 bits per heavy atom. The van der Waals surface area contributed by atoms with E-state index in [-0.39, 0.29) is 5.92 Å². The quantitative estimate of drug-likeness (QED) is 0.746. The maximum Gasteiger partial charge on any atom is 0.141 e. The molecule has 1 fully saturated rings. The van der Waals surface area contributed by atoms with Crippen LogP contribution >= 0.6 is 0 Å². The Morgan fingerprint density at radius 1 is 1.28 bits per heavy atom. The van der Waals surface area contributed by atoms with Crippen LogP contribution in [0.2, 0.25) is 0 Å². The summed E-state index contributed by atoms with van der Waals surface area (Å²) in [6, 6.07) is 8.58. The molecule has 0 amide bonds. The molecule has 0 bridgehead atoms. The van der Waals surface area contributed by atoms with Gasteiger partial charge < -0.3 is 4.57 Å². The molecular weight excluding hydrogens is 222 g/mol. The van der Waals surface area contributed by atoms with E-state index < -0.39 is 0 Å². The molecule has 0 aliphatic heterocycles. The highest BCUT2D eigenvalue weighted by Gasteiger charge is 2.26. The minimum absolute atomic E-state index is 0.121. The zero-order valence-corrected chi connectivity index (χ0v) is 11.1. The van der Waals surface area contributed by atoms with Gasteiger partial charge in [-0.05, 0) is 37.5 Å². The summed E-state index contributed by atoms with van der Waals surface area (Å²) in [4.78, 5) is 12.1. The van der Waals surface area contributed by atoms with Gasteiger partial charge in [0, 0.05) is 30.1 Å². The van der Waals surface area contributed by atoms with E-state index in [0.717, 1.165) is 19.3 Å². The Kier molecular flexibility index (Phi) is 2.73. The molecule has 0 spiro atoms. The second-order valence-electron chi connectivity index (χ2n) is 5.40.